The Balaban J connectivity index is 1.68. The van der Waals surface area contributed by atoms with Crippen LogP contribution in [0, 0.1) is 23.2 Å². The van der Waals surface area contributed by atoms with Crippen molar-refractivity contribution in [1.29, 1.82) is 0 Å². The van der Waals surface area contributed by atoms with Gasteiger partial charge in [0.25, 0.3) is 0 Å². The molecular weight excluding hydrogens is 217 g/mol. The van der Waals surface area contributed by atoms with E-state index in [0.29, 0.717) is 5.41 Å². The highest BCUT2D eigenvalue weighted by Crippen LogP contribution is 2.56. The lowest BCUT2D eigenvalue weighted by atomic mass is 9.54. The zero-order chi connectivity index (χ0) is 13.2. The quantitative estimate of drug-likeness (QED) is 0.506. The molecule has 0 bridgehead atoms. The molecule has 0 amide bonds. The summed E-state index contributed by atoms with van der Waals surface area (Å²) in [6.45, 7) is 9.42. The molecule has 2 fully saturated rings. The Morgan fingerprint density at radius 3 is 2.56 bits per heavy atom. The predicted molar refractivity (Wildman–Crippen MR) is 79.6 cm³/mol. The van der Waals surface area contributed by atoms with E-state index in [9.17, 15) is 0 Å². The van der Waals surface area contributed by atoms with E-state index in [2.05, 4.69) is 20.8 Å². The van der Waals surface area contributed by atoms with Gasteiger partial charge in [0.2, 0.25) is 0 Å². The average Bonchev–Trinajstić information content (AvgIpc) is 2.57. The van der Waals surface area contributed by atoms with Crippen molar-refractivity contribution in [2.45, 2.75) is 65.7 Å². The minimum atomic E-state index is 0.594. The highest BCUT2D eigenvalue weighted by molar-refractivity contribution is 6.04. The first-order valence-electron chi connectivity index (χ1n) is 8.07. The smallest absolute Gasteiger partial charge is 0.182 e. The molecule has 1 aliphatic heterocycles. The van der Waals surface area contributed by atoms with Gasteiger partial charge < -0.3 is 4.81 Å². The molecule has 1 saturated heterocycles. The minimum Gasteiger partial charge on any atom is -0.353 e. The number of hydrogen-bond donors (Lipinski definition) is 0. The van der Waals surface area contributed by atoms with Gasteiger partial charge in [0.1, 0.15) is 0 Å². The van der Waals surface area contributed by atoms with Crippen LogP contribution in [0.2, 0.25) is 0 Å². The van der Waals surface area contributed by atoms with Crippen molar-refractivity contribution in [3.63, 3.8) is 0 Å². The highest BCUT2D eigenvalue weighted by atomic mass is 15.1. The molecule has 1 spiro atoms. The van der Waals surface area contributed by atoms with Crippen LogP contribution >= 0.6 is 0 Å². The predicted octanol–water partition coefficient (Wildman–Crippen LogP) is 4.02. The summed E-state index contributed by atoms with van der Waals surface area (Å²) in [4.78, 5) is 2.05. The Kier molecular flexibility index (Phi) is 4.80. The van der Waals surface area contributed by atoms with Crippen LogP contribution in [-0.4, -0.2) is 25.9 Å². The van der Waals surface area contributed by atoms with Crippen LogP contribution in [0.4, 0.5) is 0 Å². The standard InChI is InChI=1S/C16H30BN/c1-4-5-6-7-8-13(2)15-9-16(10-15)12-18(17)11-14(16)3/h13-15H,4-12H2,1-3H3. The number of hydrogen-bond acceptors (Lipinski definition) is 1. The Bertz CT molecular complexity index is 260. The zero-order valence-corrected chi connectivity index (χ0v) is 12.6. The molecular formula is C16H30BN. The SMILES string of the molecule is [B]N1CC(C)C2(CC(C(C)CCCCCC)C2)C1. The Morgan fingerprint density at radius 1 is 1.28 bits per heavy atom. The van der Waals surface area contributed by atoms with Crippen molar-refractivity contribution in [2.75, 3.05) is 13.1 Å². The van der Waals surface area contributed by atoms with Crippen LogP contribution in [0.5, 0.6) is 0 Å². The summed E-state index contributed by atoms with van der Waals surface area (Å²) in [6.07, 6.45) is 9.98. The zero-order valence-electron chi connectivity index (χ0n) is 12.6. The van der Waals surface area contributed by atoms with Crippen LogP contribution < -0.4 is 0 Å². The maximum atomic E-state index is 5.98. The Morgan fingerprint density at radius 2 is 2.00 bits per heavy atom. The molecule has 102 valence electrons. The van der Waals surface area contributed by atoms with Gasteiger partial charge in [-0.2, -0.15) is 0 Å². The largest absolute Gasteiger partial charge is 0.353 e. The fourth-order valence-electron chi connectivity index (χ4n) is 4.22. The Labute approximate surface area is 115 Å². The van der Waals surface area contributed by atoms with E-state index < -0.39 is 0 Å². The first kappa shape index (κ1) is 14.4. The third-order valence-electron chi connectivity index (χ3n) is 5.73. The van der Waals surface area contributed by atoms with Crippen LogP contribution in [0.25, 0.3) is 0 Å². The number of unbranched alkanes of at least 4 members (excludes halogenated alkanes) is 3. The van der Waals surface area contributed by atoms with Crippen LogP contribution in [0.3, 0.4) is 0 Å². The summed E-state index contributed by atoms with van der Waals surface area (Å²) in [5.74, 6) is 2.73. The maximum absolute atomic E-state index is 5.98. The normalized spacial score (nSPS) is 37.9. The fraction of sp³-hybridized carbons (Fsp3) is 1.00. The van der Waals surface area contributed by atoms with E-state index in [1.54, 1.807) is 0 Å². The fourth-order valence-corrected chi connectivity index (χ4v) is 4.22. The third-order valence-corrected chi connectivity index (χ3v) is 5.73. The van der Waals surface area contributed by atoms with Gasteiger partial charge >= 0.3 is 0 Å². The molecule has 1 saturated carbocycles. The van der Waals surface area contributed by atoms with Gasteiger partial charge in [0.05, 0.1) is 0 Å². The summed E-state index contributed by atoms with van der Waals surface area (Å²) in [5, 5.41) is 0. The van der Waals surface area contributed by atoms with Crippen molar-refractivity contribution in [2.24, 2.45) is 23.2 Å². The Hall–Kier alpha value is 0.0249. The van der Waals surface area contributed by atoms with Gasteiger partial charge in [-0.3, -0.25) is 0 Å². The van der Waals surface area contributed by atoms with Gasteiger partial charge in [0, 0.05) is 0 Å². The molecule has 2 aliphatic rings. The van der Waals surface area contributed by atoms with Crippen LogP contribution in [0.15, 0.2) is 0 Å². The molecule has 1 heterocycles. The molecule has 2 unspecified atom stereocenters. The van der Waals surface area contributed by atoms with Crippen LogP contribution in [0.1, 0.15) is 65.7 Å². The third kappa shape index (κ3) is 2.95. The molecule has 1 aliphatic carbocycles. The molecule has 0 aromatic carbocycles. The molecule has 0 aromatic heterocycles. The average molecular weight is 247 g/mol. The van der Waals surface area contributed by atoms with Crippen molar-refractivity contribution >= 4 is 7.98 Å². The summed E-state index contributed by atoms with van der Waals surface area (Å²) in [6, 6.07) is 0. The monoisotopic (exact) mass is 247 g/mol. The summed E-state index contributed by atoms with van der Waals surface area (Å²) in [7, 11) is 5.98. The van der Waals surface area contributed by atoms with Gasteiger partial charge in [-0.1, -0.05) is 52.9 Å². The molecule has 2 atom stereocenters. The van der Waals surface area contributed by atoms with Gasteiger partial charge in [0.15, 0.2) is 7.98 Å². The van der Waals surface area contributed by atoms with Crippen LogP contribution in [-0.2, 0) is 0 Å². The van der Waals surface area contributed by atoms with Gasteiger partial charge in [-0.25, -0.2) is 0 Å². The lowest BCUT2D eigenvalue weighted by Gasteiger charge is -2.51. The second-order valence-electron chi connectivity index (χ2n) is 7.19. The first-order chi connectivity index (χ1) is 8.57. The van der Waals surface area contributed by atoms with E-state index in [0.717, 1.165) is 30.8 Å². The highest BCUT2D eigenvalue weighted by Gasteiger charge is 2.52. The van der Waals surface area contributed by atoms with Crippen molar-refractivity contribution in [3.8, 4) is 0 Å². The molecule has 2 heteroatoms. The summed E-state index contributed by atoms with van der Waals surface area (Å²) >= 11 is 0. The van der Waals surface area contributed by atoms with Gasteiger partial charge in [-0.05, 0) is 49.1 Å². The molecule has 2 radical (unpaired) electrons. The molecule has 1 nitrogen and oxygen atoms in total. The van der Waals surface area contributed by atoms with E-state index >= 15 is 0 Å². The van der Waals surface area contributed by atoms with Crippen molar-refractivity contribution in [1.82, 2.24) is 4.81 Å². The topological polar surface area (TPSA) is 3.24 Å². The molecule has 2 rings (SSSR count). The van der Waals surface area contributed by atoms with E-state index in [1.807, 2.05) is 4.81 Å². The summed E-state index contributed by atoms with van der Waals surface area (Å²) in [5.41, 5.74) is 0.594. The number of rotatable bonds is 6. The minimum absolute atomic E-state index is 0.594. The molecule has 18 heavy (non-hydrogen) atoms. The first-order valence-corrected chi connectivity index (χ1v) is 8.07. The van der Waals surface area contributed by atoms with E-state index in [4.69, 9.17) is 7.98 Å². The lowest BCUT2D eigenvalue weighted by molar-refractivity contribution is 0.000769. The second-order valence-corrected chi connectivity index (χ2v) is 7.19. The van der Waals surface area contributed by atoms with Gasteiger partial charge in [-0.15, -0.1) is 0 Å². The second kappa shape index (κ2) is 5.99. The molecule has 0 N–H and O–H groups in total. The van der Waals surface area contributed by atoms with Crippen molar-refractivity contribution < 1.29 is 0 Å². The van der Waals surface area contributed by atoms with E-state index in [1.165, 1.54) is 44.9 Å². The lowest BCUT2D eigenvalue weighted by Crippen LogP contribution is -2.45. The van der Waals surface area contributed by atoms with Crippen molar-refractivity contribution in [3.05, 3.63) is 0 Å². The summed E-state index contributed by atoms with van der Waals surface area (Å²) < 4.78 is 0. The molecule has 0 aromatic rings. The maximum Gasteiger partial charge on any atom is 0.182 e. The van der Waals surface area contributed by atoms with E-state index in [-0.39, 0.29) is 0 Å². The number of nitrogens with zero attached hydrogens (tertiary/aromatic N) is 1.